The molecule has 1 N–H and O–H groups in total. The summed E-state index contributed by atoms with van der Waals surface area (Å²) in [6, 6.07) is 3.80. The highest BCUT2D eigenvalue weighted by atomic mass is 16.5. The lowest BCUT2D eigenvalue weighted by Gasteiger charge is -2.08. The lowest BCUT2D eigenvalue weighted by Crippen LogP contribution is -2.14. The average Bonchev–Trinajstić information content (AvgIpc) is 3.10. The molecule has 0 aromatic carbocycles. The van der Waals surface area contributed by atoms with Crippen LogP contribution in [-0.2, 0) is 11.3 Å². The Kier molecular flexibility index (Phi) is 3.87. The van der Waals surface area contributed by atoms with Gasteiger partial charge in [-0.2, -0.15) is 10.2 Å². The van der Waals surface area contributed by atoms with Gasteiger partial charge in [-0.25, -0.2) is 9.31 Å². The van der Waals surface area contributed by atoms with Crippen molar-refractivity contribution in [1.82, 2.24) is 19.4 Å². The zero-order valence-electron chi connectivity index (χ0n) is 13.2. The molecule has 0 radical (unpaired) electrons. The summed E-state index contributed by atoms with van der Waals surface area (Å²) in [6.07, 6.45) is 4.58. The highest BCUT2D eigenvalue weighted by molar-refractivity contribution is 5.97. The average molecular weight is 314 g/mol. The van der Waals surface area contributed by atoms with E-state index in [0.717, 1.165) is 16.8 Å². The van der Waals surface area contributed by atoms with E-state index in [1.54, 1.807) is 28.5 Å². The molecule has 0 fully saturated rings. The minimum Gasteiger partial charge on any atom is -0.465 e. The number of aromatic nitrogens is 4. The first-order chi connectivity index (χ1) is 11.0. The van der Waals surface area contributed by atoms with E-state index in [1.807, 2.05) is 19.1 Å². The van der Waals surface area contributed by atoms with Crippen LogP contribution in [0.25, 0.3) is 16.6 Å². The number of fused-ring (bicyclic) bond motifs is 1. The smallest absolute Gasteiger partial charge is 0.341 e. The van der Waals surface area contributed by atoms with Crippen molar-refractivity contribution >= 4 is 11.5 Å². The summed E-state index contributed by atoms with van der Waals surface area (Å²) >= 11 is 0. The van der Waals surface area contributed by atoms with Crippen molar-refractivity contribution in [2.45, 2.75) is 26.5 Å². The minimum absolute atomic E-state index is 0.418. The zero-order valence-corrected chi connectivity index (χ0v) is 13.2. The summed E-state index contributed by atoms with van der Waals surface area (Å²) < 4.78 is 8.18. The predicted octanol–water partition coefficient (Wildman–Crippen LogP) is 1.67. The fourth-order valence-electron chi connectivity index (χ4n) is 2.58. The number of ether oxygens (including phenoxy) is 1. The van der Waals surface area contributed by atoms with E-state index in [2.05, 4.69) is 10.2 Å². The molecule has 0 aliphatic heterocycles. The van der Waals surface area contributed by atoms with E-state index in [-0.39, 0.29) is 0 Å². The van der Waals surface area contributed by atoms with Crippen LogP contribution in [0.4, 0.5) is 0 Å². The van der Waals surface area contributed by atoms with Gasteiger partial charge in [-0.3, -0.25) is 4.68 Å². The molecule has 1 atom stereocenters. The van der Waals surface area contributed by atoms with Gasteiger partial charge in [0.05, 0.1) is 37.7 Å². The van der Waals surface area contributed by atoms with E-state index < -0.39 is 12.1 Å². The molecule has 0 aliphatic rings. The molecule has 0 spiro atoms. The summed E-state index contributed by atoms with van der Waals surface area (Å²) in [5, 5.41) is 18.0. The molecular weight excluding hydrogens is 296 g/mol. The van der Waals surface area contributed by atoms with Crippen LogP contribution in [0.3, 0.4) is 0 Å². The quantitative estimate of drug-likeness (QED) is 0.741. The molecule has 120 valence electrons. The Bertz CT molecular complexity index is 863. The maximum absolute atomic E-state index is 11.8. The van der Waals surface area contributed by atoms with Crippen molar-refractivity contribution in [2.75, 3.05) is 7.11 Å². The van der Waals surface area contributed by atoms with Gasteiger partial charge in [0, 0.05) is 17.5 Å². The van der Waals surface area contributed by atoms with Gasteiger partial charge < -0.3 is 9.84 Å². The van der Waals surface area contributed by atoms with E-state index in [9.17, 15) is 9.90 Å². The van der Waals surface area contributed by atoms with Crippen LogP contribution in [0.2, 0.25) is 0 Å². The number of rotatable bonds is 4. The molecule has 3 heterocycles. The number of hydrogen-bond donors (Lipinski definition) is 1. The van der Waals surface area contributed by atoms with Gasteiger partial charge in [0.25, 0.3) is 0 Å². The van der Waals surface area contributed by atoms with Crippen LogP contribution in [0.5, 0.6) is 0 Å². The number of aliphatic hydroxyl groups excluding tert-OH is 1. The van der Waals surface area contributed by atoms with Crippen LogP contribution in [0.15, 0.2) is 30.7 Å². The van der Waals surface area contributed by atoms with Gasteiger partial charge in [0.2, 0.25) is 0 Å². The monoisotopic (exact) mass is 314 g/mol. The van der Waals surface area contributed by atoms with Gasteiger partial charge in [-0.15, -0.1) is 0 Å². The number of carbonyl (C=O) groups excluding carboxylic acids is 1. The zero-order chi connectivity index (χ0) is 16.6. The number of esters is 1. The normalized spacial score (nSPS) is 12.5. The molecule has 3 rings (SSSR count). The number of carbonyl (C=O) groups is 1. The third-order valence-electron chi connectivity index (χ3n) is 3.78. The van der Waals surface area contributed by atoms with Crippen LogP contribution in [0, 0.1) is 6.92 Å². The van der Waals surface area contributed by atoms with E-state index in [0.29, 0.717) is 17.6 Å². The van der Waals surface area contributed by atoms with Crippen molar-refractivity contribution < 1.29 is 14.6 Å². The van der Waals surface area contributed by atoms with Crippen molar-refractivity contribution in [3.63, 3.8) is 0 Å². The van der Waals surface area contributed by atoms with Crippen molar-refractivity contribution in [3.05, 3.63) is 42.0 Å². The molecule has 3 aromatic heterocycles. The number of nitrogens with zero attached hydrogens (tertiary/aromatic N) is 4. The molecule has 0 unspecified atom stereocenters. The standard InChI is InChI=1S/C16H18N4O3/c1-10(21)9-20-11(2)13(7-18-20)12-4-5-19-15(6-12)14(8-17-19)16(22)23-3/h4-8,10,21H,9H2,1-3H3/t10-/m1/s1. The number of hydrogen-bond acceptors (Lipinski definition) is 5. The Morgan fingerprint density at radius 1 is 1.39 bits per heavy atom. The second-order valence-corrected chi connectivity index (χ2v) is 5.47. The van der Waals surface area contributed by atoms with Crippen LogP contribution < -0.4 is 0 Å². The van der Waals surface area contributed by atoms with Crippen molar-refractivity contribution in [1.29, 1.82) is 0 Å². The Morgan fingerprint density at radius 3 is 2.87 bits per heavy atom. The van der Waals surface area contributed by atoms with Crippen LogP contribution >= 0.6 is 0 Å². The molecule has 7 nitrogen and oxygen atoms in total. The fourth-order valence-corrected chi connectivity index (χ4v) is 2.58. The first-order valence-corrected chi connectivity index (χ1v) is 7.28. The second-order valence-electron chi connectivity index (χ2n) is 5.47. The lowest BCUT2D eigenvalue weighted by molar-refractivity contribution is 0.0603. The fraction of sp³-hybridized carbons (Fsp3) is 0.312. The van der Waals surface area contributed by atoms with Gasteiger partial charge >= 0.3 is 5.97 Å². The summed E-state index contributed by atoms with van der Waals surface area (Å²) in [4.78, 5) is 11.8. The summed E-state index contributed by atoms with van der Waals surface area (Å²) in [7, 11) is 1.35. The van der Waals surface area contributed by atoms with Crippen molar-refractivity contribution in [2.24, 2.45) is 0 Å². The number of methoxy groups -OCH3 is 1. The topological polar surface area (TPSA) is 81.6 Å². The molecule has 0 saturated carbocycles. The molecule has 7 heteroatoms. The van der Waals surface area contributed by atoms with E-state index in [1.165, 1.54) is 13.3 Å². The second kappa shape index (κ2) is 5.85. The minimum atomic E-state index is -0.468. The summed E-state index contributed by atoms with van der Waals surface area (Å²) in [5.41, 5.74) is 3.93. The largest absolute Gasteiger partial charge is 0.465 e. The first kappa shape index (κ1) is 15.2. The van der Waals surface area contributed by atoms with Crippen molar-refractivity contribution in [3.8, 4) is 11.1 Å². The molecule has 0 bridgehead atoms. The maximum Gasteiger partial charge on any atom is 0.341 e. The lowest BCUT2D eigenvalue weighted by atomic mass is 10.1. The molecule has 0 amide bonds. The van der Waals surface area contributed by atoms with E-state index in [4.69, 9.17) is 4.74 Å². The highest BCUT2D eigenvalue weighted by Gasteiger charge is 2.15. The Hall–Kier alpha value is -2.67. The van der Waals surface area contributed by atoms with Crippen LogP contribution in [0.1, 0.15) is 23.0 Å². The molecule has 3 aromatic rings. The SMILES string of the molecule is COC(=O)c1cnn2ccc(-c3cnn(C[C@@H](C)O)c3C)cc12. The number of pyridine rings is 1. The summed E-state index contributed by atoms with van der Waals surface area (Å²) in [5.74, 6) is -0.418. The van der Waals surface area contributed by atoms with Gasteiger partial charge in [-0.1, -0.05) is 0 Å². The van der Waals surface area contributed by atoms with Gasteiger partial charge in [-0.05, 0) is 31.5 Å². The molecule has 0 saturated heterocycles. The number of aliphatic hydroxyl groups is 1. The molecule has 23 heavy (non-hydrogen) atoms. The van der Waals surface area contributed by atoms with E-state index >= 15 is 0 Å². The molecular formula is C16H18N4O3. The maximum atomic E-state index is 11.8. The highest BCUT2D eigenvalue weighted by Crippen LogP contribution is 2.25. The third kappa shape index (κ3) is 2.70. The summed E-state index contributed by atoms with van der Waals surface area (Å²) in [6.45, 7) is 4.11. The Labute approximate surface area is 133 Å². The van der Waals surface area contributed by atoms with Crippen LogP contribution in [-0.4, -0.2) is 43.7 Å². The Morgan fingerprint density at radius 2 is 2.17 bits per heavy atom. The van der Waals surface area contributed by atoms with Gasteiger partial charge in [0.1, 0.15) is 5.56 Å². The molecule has 0 aliphatic carbocycles. The van der Waals surface area contributed by atoms with Gasteiger partial charge in [0.15, 0.2) is 0 Å². The predicted molar refractivity (Wildman–Crippen MR) is 84.2 cm³/mol. The Balaban J connectivity index is 2.07. The first-order valence-electron chi connectivity index (χ1n) is 7.28. The third-order valence-corrected chi connectivity index (χ3v) is 3.78.